The van der Waals surface area contributed by atoms with Crippen LogP contribution in [0.4, 0.5) is 0 Å². The third-order valence-electron chi connectivity index (χ3n) is 2.88. The van der Waals surface area contributed by atoms with E-state index in [4.69, 9.17) is 4.74 Å². The molecule has 4 nitrogen and oxygen atoms in total. The molecule has 0 fully saturated rings. The van der Waals surface area contributed by atoms with Crippen molar-refractivity contribution >= 4 is 0 Å². The molecule has 0 amide bonds. The van der Waals surface area contributed by atoms with Gasteiger partial charge in [-0.25, -0.2) is 4.98 Å². The summed E-state index contributed by atoms with van der Waals surface area (Å²) in [5, 5.41) is 10.5. The highest BCUT2D eigenvalue weighted by atomic mass is 16.5. The molecular weight excluding hydrogens is 228 g/mol. The van der Waals surface area contributed by atoms with Crippen LogP contribution in [0.25, 0.3) is 0 Å². The van der Waals surface area contributed by atoms with Crippen LogP contribution in [0, 0.1) is 0 Å². The Labute approximate surface area is 107 Å². The van der Waals surface area contributed by atoms with Crippen molar-refractivity contribution in [3.63, 3.8) is 0 Å². The van der Waals surface area contributed by atoms with Crippen LogP contribution in [0.3, 0.4) is 0 Å². The Balaban J connectivity index is 2.36. The fourth-order valence-electron chi connectivity index (χ4n) is 1.98. The second kappa shape index (κ2) is 5.69. The van der Waals surface area contributed by atoms with Gasteiger partial charge in [0.2, 0.25) is 0 Å². The zero-order valence-electron chi connectivity index (χ0n) is 10.7. The zero-order chi connectivity index (χ0) is 13.0. The van der Waals surface area contributed by atoms with E-state index in [1.165, 1.54) is 0 Å². The van der Waals surface area contributed by atoms with E-state index >= 15 is 0 Å². The second-order valence-electron chi connectivity index (χ2n) is 3.98. The number of aryl methyl sites for hydroxylation is 1. The number of hydrogen-bond acceptors (Lipinski definition) is 3. The Bertz CT molecular complexity index is 508. The Morgan fingerprint density at radius 3 is 2.83 bits per heavy atom. The molecule has 96 valence electrons. The van der Waals surface area contributed by atoms with Crippen LogP contribution in [0.5, 0.6) is 5.75 Å². The van der Waals surface area contributed by atoms with E-state index < -0.39 is 6.10 Å². The predicted octanol–water partition coefficient (Wildman–Crippen LogP) is 2.38. The first-order chi connectivity index (χ1) is 8.77. The molecule has 1 aromatic heterocycles. The number of ether oxygens (including phenoxy) is 1. The molecule has 0 saturated carbocycles. The molecule has 1 atom stereocenters. The smallest absolute Gasteiger partial charge is 0.125 e. The quantitative estimate of drug-likeness (QED) is 0.881. The lowest BCUT2D eigenvalue weighted by Gasteiger charge is -2.16. The highest BCUT2D eigenvalue weighted by molar-refractivity contribution is 5.38. The molecular formula is C14H18N2O2. The van der Waals surface area contributed by atoms with Crippen molar-refractivity contribution in [3.05, 3.63) is 48.0 Å². The van der Waals surface area contributed by atoms with Crippen molar-refractivity contribution in [1.29, 1.82) is 0 Å². The lowest BCUT2D eigenvalue weighted by atomic mass is 10.1. The molecule has 4 heteroatoms. The third-order valence-corrected chi connectivity index (χ3v) is 2.88. The molecule has 1 heterocycles. The van der Waals surface area contributed by atoms with Gasteiger partial charge in [-0.1, -0.05) is 18.2 Å². The van der Waals surface area contributed by atoms with Gasteiger partial charge in [0.15, 0.2) is 0 Å². The average molecular weight is 246 g/mol. The van der Waals surface area contributed by atoms with E-state index in [1.54, 1.807) is 12.5 Å². The van der Waals surface area contributed by atoms with Gasteiger partial charge >= 0.3 is 0 Å². The van der Waals surface area contributed by atoms with Crippen LogP contribution in [0.1, 0.15) is 31.2 Å². The SMILES string of the molecule is CCOc1ccccc1C(O)c1cncn1CC. The number of para-hydroxylation sites is 1. The summed E-state index contributed by atoms with van der Waals surface area (Å²) in [6.45, 7) is 5.31. The minimum atomic E-state index is -0.713. The van der Waals surface area contributed by atoms with Crippen molar-refractivity contribution in [3.8, 4) is 5.75 Å². The first-order valence-corrected chi connectivity index (χ1v) is 6.17. The van der Waals surface area contributed by atoms with Crippen LogP contribution in [-0.4, -0.2) is 21.3 Å². The maximum absolute atomic E-state index is 10.5. The fraction of sp³-hybridized carbons (Fsp3) is 0.357. The predicted molar refractivity (Wildman–Crippen MR) is 69.6 cm³/mol. The normalized spacial score (nSPS) is 12.4. The molecule has 0 radical (unpaired) electrons. The lowest BCUT2D eigenvalue weighted by Crippen LogP contribution is -2.09. The van der Waals surface area contributed by atoms with E-state index in [9.17, 15) is 5.11 Å². The molecule has 0 aliphatic rings. The first-order valence-electron chi connectivity index (χ1n) is 6.17. The van der Waals surface area contributed by atoms with Gasteiger partial charge in [-0.2, -0.15) is 0 Å². The zero-order valence-corrected chi connectivity index (χ0v) is 10.7. The number of benzene rings is 1. The second-order valence-corrected chi connectivity index (χ2v) is 3.98. The molecule has 0 spiro atoms. The van der Waals surface area contributed by atoms with Gasteiger partial charge in [-0.15, -0.1) is 0 Å². The van der Waals surface area contributed by atoms with Gasteiger partial charge in [0, 0.05) is 12.1 Å². The van der Waals surface area contributed by atoms with Crippen LogP contribution >= 0.6 is 0 Å². The van der Waals surface area contributed by atoms with Crippen LogP contribution < -0.4 is 4.74 Å². The molecule has 0 saturated heterocycles. The number of aliphatic hydroxyl groups excluding tert-OH is 1. The number of aromatic nitrogens is 2. The Morgan fingerprint density at radius 2 is 2.11 bits per heavy atom. The van der Waals surface area contributed by atoms with E-state index in [0.717, 1.165) is 23.6 Å². The topological polar surface area (TPSA) is 47.3 Å². The minimum absolute atomic E-state index is 0.580. The Kier molecular flexibility index (Phi) is 3.99. The molecule has 1 unspecified atom stereocenters. The number of imidazole rings is 1. The molecule has 18 heavy (non-hydrogen) atoms. The fourth-order valence-corrected chi connectivity index (χ4v) is 1.98. The van der Waals surface area contributed by atoms with Crippen LogP contribution in [0.15, 0.2) is 36.8 Å². The van der Waals surface area contributed by atoms with E-state index in [-0.39, 0.29) is 0 Å². The Hall–Kier alpha value is -1.81. The summed E-state index contributed by atoms with van der Waals surface area (Å²) in [6, 6.07) is 7.55. The van der Waals surface area contributed by atoms with Gasteiger partial charge in [-0.05, 0) is 19.9 Å². The van der Waals surface area contributed by atoms with Crippen molar-refractivity contribution in [2.45, 2.75) is 26.5 Å². The molecule has 1 N–H and O–H groups in total. The van der Waals surface area contributed by atoms with Crippen LogP contribution in [-0.2, 0) is 6.54 Å². The summed E-state index contributed by atoms with van der Waals surface area (Å²) in [7, 11) is 0. The molecule has 0 bridgehead atoms. The number of rotatable bonds is 5. The van der Waals surface area contributed by atoms with Crippen molar-refractivity contribution in [2.24, 2.45) is 0 Å². The molecule has 2 aromatic rings. The largest absolute Gasteiger partial charge is 0.493 e. The maximum Gasteiger partial charge on any atom is 0.125 e. The van der Waals surface area contributed by atoms with Gasteiger partial charge in [0.25, 0.3) is 0 Å². The minimum Gasteiger partial charge on any atom is -0.493 e. The number of nitrogens with zero attached hydrogens (tertiary/aromatic N) is 2. The highest BCUT2D eigenvalue weighted by Gasteiger charge is 2.18. The van der Waals surface area contributed by atoms with Gasteiger partial charge in [0.1, 0.15) is 11.9 Å². The molecule has 2 rings (SSSR count). The summed E-state index contributed by atoms with van der Waals surface area (Å²) < 4.78 is 7.46. The summed E-state index contributed by atoms with van der Waals surface area (Å²) in [6.07, 6.45) is 2.70. The molecule has 1 aromatic carbocycles. The van der Waals surface area contributed by atoms with Crippen molar-refractivity contribution < 1.29 is 9.84 Å². The lowest BCUT2D eigenvalue weighted by molar-refractivity contribution is 0.202. The molecule has 0 aliphatic heterocycles. The van der Waals surface area contributed by atoms with E-state index in [2.05, 4.69) is 4.98 Å². The van der Waals surface area contributed by atoms with Gasteiger partial charge < -0.3 is 14.4 Å². The van der Waals surface area contributed by atoms with Gasteiger partial charge in [-0.3, -0.25) is 0 Å². The standard InChI is InChI=1S/C14H18N2O2/c1-3-16-10-15-9-12(16)14(17)11-7-5-6-8-13(11)18-4-2/h5-10,14,17H,3-4H2,1-2H3. The summed E-state index contributed by atoms with van der Waals surface area (Å²) in [5.41, 5.74) is 1.55. The summed E-state index contributed by atoms with van der Waals surface area (Å²) in [5.74, 6) is 0.719. The number of hydrogen-bond donors (Lipinski definition) is 1. The monoisotopic (exact) mass is 246 g/mol. The van der Waals surface area contributed by atoms with Gasteiger partial charge in [0.05, 0.1) is 24.8 Å². The van der Waals surface area contributed by atoms with E-state index in [0.29, 0.717) is 6.61 Å². The summed E-state index contributed by atoms with van der Waals surface area (Å²) in [4.78, 5) is 4.08. The van der Waals surface area contributed by atoms with Crippen LogP contribution in [0.2, 0.25) is 0 Å². The Morgan fingerprint density at radius 1 is 1.33 bits per heavy atom. The molecule has 0 aliphatic carbocycles. The third kappa shape index (κ3) is 2.38. The first kappa shape index (κ1) is 12.6. The highest BCUT2D eigenvalue weighted by Crippen LogP contribution is 2.29. The average Bonchev–Trinajstić information content (AvgIpc) is 2.87. The number of aliphatic hydroxyl groups is 1. The van der Waals surface area contributed by atoms with E-state index in [1.807, 2.05) is 42.7 Å². The summed E-state index contributed by atoms with van der Waals surface area (Å²) >= 11 is 0. The van der Waals surface area contributed by atoms with Crippen molar-refractivity contribution in [2.75, 3.05) is 6.61 Å². The van der Waals surface area contributed by atoms with Crippen molar-refractivity contribution in [1.82, 2.24) is 9.55 Å². The maximum atomic E-state index is 10.5.